The van der Waals surface area contributed by atoms with E-state index in [1.54, 1.807) is 0 Å². The summed E-state index contributed by atoms with van der Waals surface area (Å²) in [7, 11) is 0. The SMILES string of the molecule is CCCCCCCCCCCCCCCCCCCCCCC(=O)OCC(COC(=O)CCCCCCCC)OC(=O)CCCCCCCCC. The largest absolute Gasteiger partial charge is 0.462 e. The van der Waals surface area contributed by atoms with Crippen LogP contribution in [0.2, 0.25) is 0 Å². The molecule has 0 bridgehead atoms. The molecule has 0 saturated heterocycles. The van der Waals surface area contributed by atoms with Gasteiger partial charge in [-0.2, -0.15) is 0 Å². The monoisotopic (exact) mass is 723 g/mol. The van der Waals surface area contributed by atoms with E-state index in [1.165, 1.54) is 154 Å². The maximum absolute atomic E-state index is 12.5. The lowest BCUT2D eigenvalue weighted by Crippen LogP contribution is -2.30. The fourth-order valence-corrected chi connectivity index (χ4v) is 6.68. The Morgan fingerprint density at radius 3 is 0.784 bits per heavy atom. The Morgan fingerprint density at radius 1 is 0.314 bits per heavy atom. The average Bonchev–Trinajstić information content (AvgIpc) is 3.12. The topological polar surface area (TPSA) is 78.9 Å². The van der Waals surface area contributed by atoms with Crippen LogP contribution in [0.1, 0.15) is 252 Å². The number of hydrogen-bond acceptors (Lipinski definition) is 6. The molecule has 0 aromatic heterocycles. The molecular formula is C45H86O6. The van der Waals surface area contributed by atoms with Gasteiger partial charge >= 0.3 is 17.9 Å². The van der Waals surface area contributed by atoms with E-state index >= 15 is 0 Å². The molecule has 51 heavy (non-hydrogen) atoms. The molecule has 0 spiro atoms. The second kappa shape index (κ2) is 41.2. The van der Waals surface area contributed by atoms with Crippen molar-refractivity contribution in [3.63, 3.8) is 0 Å². The number of rotatable bonds is 41. The molecule has 0 fully saturated rings. The summed E-state index contributed by atoms with van der Waals surface area (Å²) in [5, 5.41) is 0. The third-order valence-corrected chi connectivity index (χ3v) is 10.1. The van der Waals surface area contributed by atoms with E-state index in [4.69, 9.17) is 14.2 Å². The summed E-state index contributed by atoms with van der Waals surface area (Å²) in [5.41, 5.74) is 0. The van der Waals surface area contributed by atoms with Gasteiger partial charge in [0.15, 0.2) is 6.10 Å². The van der Waals surface area contributed by atoms with E-state index in [0.717, 1.165) is 57.8 Å². The van der Waals surface area contributed by atoms with Gasteiger partial charge in [0, 0.05) is 19.3 Å². The number of ether oxygens (including phenoxy) is 3. The highest BCUT2D eigenvalue weighted by Gasteiger charge is 2.19. The molecule has 6 nitrogen and oxygen atoms in total. The summed E-state index contributed by atoms with van der Waals surface area (Å²) in [4.78, 5) is 37.3. The number of carbonyl (C=O) groups is 3. The highest BCUT2D eigenvalue weighted by molar-refractivity contribution is 5.71. The van der Waals surface area contributed by atoms with Crippen LogP contribution in [-0.2, 0) is 28.6 Å². The normalized spacial score (nSPS) is 11.8. The second-order valence-corrected chi connectivity index (χ2v) is 15.3. The van der Waals surface area contributed by atoms with E-state index in [1.807, 2.05) is 0 Å². The molecule has 0 aliphatic heterocycles. The number of carbonyl (C=O) groups excluding carboxylic acids is 3. The van der Waals surface area contributed by atoms with Gasteiger partial charge in [0.25, 0.3) is 0 Å². The van der Waals surface area contributed by atoms with Crippen molar-refractivity contribution in [3.05, 3.63) is 0 Å². The minimum atomic E-state index is -0.755. The summed E-state index contributed by atoms with van der Waals surface area (Å²) in [5.74, 6) is -0.871. The summed E-state index contributed by atoms with van der Waals surface area (Å²) in [6, 6.07) is 0. The predicted molar refractivity (Wildman–Crippen MR) is 215 cm³/mol. The van der Waals surface area contributed by atoms with Crippen LogP contribution in [0, 0.1) is 0 Å². The molecule has 0 amide bonds. The molecular weight excluding hydrogens is 636 g/mol. The van der Waals surface area contributed by atoms with Crippen LogP contribution < -0.4 is 0 Å². The van der Waals surface area contributed by atoms with Crippen molar-refractivity contribution >= 4 is 17.9 Å². The van der Waals surface area contributed by atoms with Gasteiger partial charge in [0.1, 0.15) is 13.2 Å². The molecule has 1 unspecified atom stereocenters. The highest BCUT2D eigenvalue weighted by Crippen LogP contribution is 2.16. The zero-order valence-corrected chi connectivity index (χ0v) is 34.4. The molecule has 1 atom stereocenters. The Balaban J connectivity index is 4.03. The standard InChI is InChI=1S/C45H86O6/c1-4-7-10-13-16-17-18-19-20-21-22-23-24-25-26-27-28-30-32-35-38-44(47)50-41-42(40-49-43(46)37-34-31-15-12-9-6-3)51-45(48)39-36-33-29-14-11-8-5-2/h42H,4-41H2,1-3H3. The lowest BCUT2D eigenvalue weighted by Gasteiger charge is -2.18. The van der Waals surface area contributed by atoms with Crippen molar-refractivity contribution < 1.29 is 28.6 Å². The Hall–Kier alpha value is -1.59. The van der Waals surface area contributed by atoms with E-state index in [-0.39, 0.29) is 31.1 Å². The van der Waals surface area contributed by atoms with Crippen molar-refractivity contribution in [2.24, 2.45) is 0 Å². The molecule has 0 aromatic rings. The molecule has 0 heterocycles. The Labute approximate surface area is 317 Å². The van der Waals surface area contributed by atoms with Crippen LogP contribution in [0.3, 0.4) is 0 Å². The number of esters is 3. The van der Waals surface area contributed by atoms with Gasteiger partial charge in [-0.25, -0.2) is 0 Å². The number of unbranched alkanes of at least 4 members (excludes halogenated alkanes) is 30. The Morgan fingerprint density at radius 2 is 0.529 bits per heavy atom. The first-order valence-electron chi connectivity index (χ1n) is 22.5. The fourth-order valence-electron chi connectivity index (χ4n) is 6.68. The quantitative estimate of drug-likeness (QED) is 0.0355. The third-order valence-electron chi connectivity index (χ3n) is 10.1. The minimum Gasteiger partial charge on any atom is -0.462 e. The first-order chi connectivity index (χ1) is 25.0. The Bertz CT molecular complexity index is 753. The lowest BCUT2D eigenvalue weighted by atomic mass is 10.0. The zero-order valence-electron chi connectivity index (χ0n) is 34.4. The van der Waals surface area contributed by atoms with Crippen molar-refractivity contribution in [1.82, 2.24) is 0 Å². The van der Waals surface area contributed by atoms with Gasteiger partial charge in [0.2, 0.25) is 0 Å². The van der Waals surface area contributed by atoms with Crippen molar-refractivity contribution in [3.8, 4) is 0 Å². The molecule has 302 valence electrons. The van der Waals surface area contributed by atoms with E-state index in [0.29, 0.717) is 19.3 Å². The first kappa shape index (κ1) is 49.4. The molecule has 0 radical (unpaired) electrons. The van der Waals surface area contributed by atoms with Crippen LogP contribution in [0.4, 0.5) is 0 Å². The maximum atomic E-state index is 12.5. The van der Waals surface area contributed by atoms with Crippen LogP contribution in [0.15, 0.2) is 0 Å². The summed E-state index contributed by atoms with van der Waals surface area (Å²) < 4.78 is 16.6. The first-order valence-corrected chi connectivity index (χ1v) is 22.5. The maximum Gasteiger partial charge on any atom is 0.306 e. The Kier molecular flexibility index (Phi) is 39.9. The van der Waals surface area contributed by atoms with Crippen LogP contribution in [-0.4, -0.2) is 37.2 Å². The van der Waals surface area contributed by atoms with E-state index < -0.39 is 6.10 Å². The minimum absolute atomic E-state index is 0.0644. The molecule has 0 N–H and O–H groups in total. The van der Waals surface area contributed by atoms with Gasteiger partial charge in [0.05, 0.1) is 0 Å². The summed E-state index contributed by atoms with van der Waals surface area (Å²) in [6.45, 7) is 6.55. The molecule has 6 heteroatoms. The van der Waals surface area contributed by atoms with Crippen LogP contribution >= 0.6 is 0 Å². The van der Waals surface area contributed by atoms with Crippen molar-refractivity contribution in [2.75, 3.05) is 13.2 Å². The summed E-state index contributed by atoms with van der Waals surface area (Å²) in [6.07, 6.45) is 41.3. The third kappa shape index (κ3) is 39.5. The van der Waals surface area contributed by atoms with Crippen LogP contribution in [0.25, 0.3) is 0 Å². The van der Waals surface area contributed by atoms with Gasteiger partial charge < -0.3 is 14.2 Å². The molecule has 0 aromatic carbocycles. The van der Waals surface area contributed by atoms with Gasteiger partial charge in [-0.15, -0.1) is 0 Å². The summed E-state index contributed by atoms with van der Waals surface area (Å²) >= 11 is 0. The molecule has 0 rings (SSSR count). The zero-order chi connectivity index (χ0) is 37.3. The average molecular weight is 723 g/mol. The van der Waals surface area contributed by atoms with Crippen molar-refractivity contribution in [1.29, 1.82) is 0 Å². The smallest absolute Gasteiger partial charge is 0.306 e. The van der Waals surface area contributed by atoms with Gasteiger partial charge in [-0.3, -0.25) is 14.4 Å². The van der Waals surface area contributed by atoms with Gasteiger partial charge in [-0.05, 0) is 19.3 Å². The molecule has 0 aliphatic rings. The molecule has 0 aliphatic carbocycles. The second-order valence-electron chi connectivity index (χ2n) is 15.3. The number of hydrogen-bond donors (Lipinski definition) is 0. The highest BCUT2D eigenvalue weighted by atomic mass is 16.6. The van der Waals surface area contributed by atoms with Crippen LogP contribution in [0.5, 0.6) is 0 Å². The fraction of sp³-hybridized carbons (Fsp3) is 0.933. The van der Waals surface area contributed by atoms with E-state index in [9.17, 15) is 14.4 Å². The van der Waals surface area contributed by atoms with Crippen molar-refractivity contribution in [2.45, 2.75) is 258 Å². The van der Waals surface area contributed by atoms with E-state index in [2.05, 4.69) is 20.8 Å². The predicted octanol–water partition coefficient (Wildman–Crippen LogP) is 14.1. The van der Waals surface area contributed by atoms with Gasteiger partial charge in [-0.1, -0.05) is 213 Å². The molecule has 0 saturated carbocycles. The lowest BCUT2D eigenvalue weighted by molar-refractivity contribution is -0.167.